The van der Waals surface area contributed by atoms with Crippen molar-refractivity contribution in [1.82, 2.24) is 4.98 Å². The first-order valence-corrected chi connectivity index (χ1v) is 10.7. The molecule has 1 heterocycles. The number of carbonyl (C=O) groups is 1. The third-order valence-electron chi connectivity index (χ3n) is 4.83. The van der Waals surface area contributed by atoms with Crippen LogP contribution in [0.2, 0.25) is 0 Å². The van der Waals surface area contributed by atoms with Gasteiger partial charge in [-0.05, 0) is 61.9 Å². The average molecular weight is 409 g/mol. The van der Waals surface area contributed by atoms with E-state index in [-0.39, 0.29) is 12.5 Å². The number of nitrogens with zero attached hydrogens (tertiary/aromatic N) is 1. The Kier molecular flexibility index (Phi) is 6.38. The van der Waals surface area contributed by atoms with Crippen molar-refractivity contribution in [3.63, 3.8) is 0 Å². The number of anilines is 1. The van der Waals surface area contributed by atoms with Crippen LogP contribution >= 0.6 is 11.3 Å². The van der Waals surface area contributed by atoms with E-state index in [1.54, 1.807) is 0 Å². The molecule has 0 unspecified atom stereocenters. The lowest BCUT2D eigenvalue weighted by atomic mass is 9.98. The highest BCUT2D eigenvalue weighted by Crippen LogP contribution is 2.31. The Morgan fingerprint density at radius 2 is 1.76 bits per heavy atom. The number of benzene rings is 2. The lowest BCUT2D eigenvalue weighted by Gasteiger charge is -2.14. The lowest BCUT2D eigenvalue weighted by Crippen LogP contribution is -2.20. The lowest BCUT2D eigenvalue weighted by molar-refractivity contribution is -0.118. The van der Waals surface area contributed by atoms with Crippen LogP contribution in [-0.2, 0) is 4.79 Å². The molecule has 0 atom stereocenters. The molecular formula is C24H28N2O2S. The van der Waals surface area contributed by atoms with Gasteiger partial charge >= 0.3 is 0 Å². The van der Waals surface area contributed by atoms with Crippen LogP contribution in [0.25, 0.3) is 11.3 Å². The number of rotatable bonds is 6. The molecule has 0 bridgehead atoms. The summed E-state index contributed by atoms with van der Waals surface area (Å²) in [4.78, 5) is 17.0. The van der Waals surface area contributed by atoms with E-state index in [1.807, 2.05) is 18.4 Å². The molecule has 3 aromatic rings. The number of ether oxygens (including phenoxy) is 1. The van der Waals surface area contributed by atoms with Gasteiger partial charge in [-0.3, -0.25) is 10.1 Å². The van der Waals surface area contributed by atoms with Gasteiger partial charge in [-0.2, -0.15) is 0 Å². The van der Waals surface area contributed by atoms with E-state index in [1.165, 1.54) is 28.0 Å². The van der Waals surface area contributed by atoms with Crippen LogP contribution in [0.1, 0.15) is 47.6 Å². The van der Waals surface area contributed by atoms with Crippen molar-refractivity contribution in [2.75, 3.05) is 11.9 Å². The van der Waals surface area contributed by atoms with Gasteiger partial charge in [-0.15, -0.1) is 11.3 Å². The Balaban J connectivity index is 1.68. The first-order chi connectivity index (χ1) is 13.7. The topological polar surface area (TPSA) is 51.2 Å². The first kappa shape index (κ1) is 21.1. The third kappa shape index (κ3) is 5.04. The summed E-state index contributed by atoms with van der Waals surface area (Å²) >= 11 is 1.43. The summed E-state index contributed by atoms with van der Waals surface area (Å²) in [5, 5.41) is 5.43. The molecule has 152 valence electrons. The summed E-state index contributed by atoms with van der Waals surface area (Å²) in [6.45, 7) is 12.5. The minimum Gasteiger partial charge on any atom is -0.483 e. The summed E-state index contributed by atoms with van der Waals surface area (Å²) in [5.74, 6) is 0.886. The Hall–Kier alpha value is -2.66. The molecule has 0 aliphatic heterocycles. The highest BCUT2D eigenvalue weighted by atomic mass is 32.1. The SMILES string of the molecule is Cc1cc(C)c(-c2csc(NC(=O)COc3cc(C)ccc3C(C)C)n2)c(C)c1. The fourth-order valence-corrected chi connectivity index (χ4v) is 4.29. The van der Waals surface area contributed by atoms with Gasteiger partial charge < -0.3 is 4.74 Å². The van der Waals surface area contributed by atoms with Crippen molar-refractivity contribution < 1.29 is 9.53 Å². The molecule has 4 nitrogen and oxygen atoms in total. The molecule has 0 saturated carbocycles. The van der Waals surface area contributed by atoms with Crippen molar-refractivity contribution in [2.45, 2.75) is 47.5 Å². The van der Waals surface area contributed by atoms with Crippen LogP contribution in [-0.4, -0.2) is 17.5 Å². The number of nitrogens with one attached hydrogen (secondary N) is 1. The van der Waals surface area contributed by atoms with E-state index in [2.05, 4.69) is 69.2 Å². The van der Waals surface area contributed by atoms with Gasteiger partial charge in [0.05, 0.1) is 5.69 Å². The van der Waals surface area contributed by atoms with E-state index >= 15 is 0 Å². The van der Waals surface area contributed by atoms with E-state index in [0.29, 0.717) is 11.0 Å². The van der Waals surface area contributed by atoms with Gasteiger partial charge in [0.2, 0.25) is 0 Å². The van der Waals surface area contributed by atoms with Crippen LogP contribution in [0.5, 0.6) is 5.75 Å². The number of carbonyl (C=O) groups excluding carboxylic acids is 1. The van der Waals surface area contributed by atoms with Crippen LogP contribution in [0, 0.1) is 27.7 Å². The quantitative estimate of drug-likeness (QED) is 0.529. The number of aryl methyl sites for hydroxylation is 4. The highest BCUT2D eigenvalue weighted by molar-refractivity contribution is 7.14. The standard InChI is InChI=1S/C24H28N2O2S/c1-14(2)19-8-7-15(3)11-21(19)28-12-22(27)26-24-25-20(13-29-24)23-17(5)9-16(4)10-18(23)6/h7-11,13-14H,12H2,1-6H3,(H,25,26,27). The van der Waals surface area contributed by atoms with Crippen LogP contribution in [0.15, 0.2) is 35.7 Å². The van der Waals surface area contributed by atoms with E-state index in [0.717, 1.165) is 28.1 Å². The van der Waals surface area contributed by atoms with Crippen molar-refractivity contribution in [3.8, 4) is 17.0 Å². The molecule has 0 spiro atoms. The van der Waals surface area contributed by atoms with Gasteiger partial charge in [0, 0.05) is 10.9 Å². The molecule has 2 aromatic carbocycles. The predicted molar refractivity (Wildman–Crippen MR) is 121 cm³/mol. The van der Waals surface area contributed by atoms with Crippen LogP contribution in [0.3, 0.4) is 0 Å². The van der Waals surface area contributed by atoms with Crippen molar-refractivity contribution in [3.05, 3.63) is 63.5 Å². The van der Waals surface area contributed by atoms with Gasteiger partial charge in [0.1, 0.15) is 5.75 Å². The zero-order valence-corrected chi connectivity index (χ0v) is 18.7. The largest absolute Gasteiger partial charge is 0.483 e. The smallest absolute Gasteiger partial charge is 0.264 e. The molecule has 0 saturated heterocycles. The number of amides is 1. The molecule has 0 aliphatic rings. The maximum absolute atomic E-state index is 12.4. The zero-order valence-electron chi connectivity index (χ0n) is 17.9. The molecule has 1 amide bonds. The second-order valence-electron chi connectivity index (χ2n) is 7.84. The molecule has 3 rings (SSSR count). The van der Waals surface area contributed by atoms with Crippen molar-refractivity contribution in [1.29, 1.82) is 0 Å². The minimum atomic E-state index is -0.209. The van der Waals surface area contributed by atoms with Crippen LogP contribution in [0.4, 0.5) is 5.13 Å². The second-order valence-corrected chi connectivity index (χ2v) is 8.70. The number of aromatic nitrogens is 1. The normalized spacial score (nSPS) is 11.0. The summed E-state index contributed by atoms with van der Waals surface area (Å²) in [6, 6.07) is 10.4. The van der Waals surface area contributed by atoms with Crippen LogP contribution < -0.4 is 10.1 Å². The monoisotopic (exact) mass is 408 g/mol. The average Bonchev–Trinajstić information content (AvgIpc) is 3.06. The van der Waals surface area contributed by atoms with Gasteiger partial charge in [0.25, 0.3) is 5.91 Å². The summed E-state index contributed by atoms with van der Waals surface area (Å²) in [6.07, 6.45) is 0. The summed E-state index contributed by atoms with van der Waals surface area (Å²) in [7, 11) is 0. The minimum absolute atomic E-state index is 0.0410. The van der Waals surface area contributed by atoms with E-state index in [4.69, 9.17) is 4.74 Å². The summed E-state index contributed by atoms with van der Waals surface area (Å²) in [5.41, 5.74) is 7.85. The van der Waals surface area contributed by atoms with Gasteiger partial charge in [-0.1, -0.05) is 43.7 Å². The predicted octanol–water partition coefficient (Wildman–Crippen LogP) is 6.18. The second kappa shape index (κ2) is 8.78. The van der Waals surface area contributed by atoms with Crippen molar-refractivity contribution >= 4 is 22.4 Å². The molecule has 29 heavy (non-hydrogen) atoms. The fraction of sp³-hybridized carbons (Fsp3) is 0.333. The highest BCUT2D eigenvalue weighted by Gasteiger charge is 2.14. The zero-order chi connectivity index (χ0) is 21.1. The molecule has 5 heteroatoms. The van der Waals surface area contributed by atoms with E-state index in [9.17, 15) is 4.79 Å². The molecule has 0 fully saturated rings. The number of hydrogen-bond donors (Lipinski definition) is 1. The van der Waals surface area contributed by atoms with Gasteiger partial charge in [0.15, 0.2) is 11.7 Å². The molecule has 0 radical (unpaired) electrons. The van der Waals surface area contributed by atoms with E-state index < -0.39 is 0 Å². The summed E-state index contributed by atoms with van der Waals surface area (Å²) < 4.78 is 5.82. The Morgan fingerprint density at radius 3 is 2.41 bits per heavy atom. The molecule has 0 aliphatic carbocycles. The van der Waals surface area contributed by atoms with Gasteiger partial charge in [-0.25, -0.2) is 4.98 Å². The number of thiazole rings is 1. The Labute approximate surface area is 177 Å². The fourth-order valence-electron chi connectivity index (χ4n) is 3.57. The maximum Gasteiger partial charge on any atom is 0.264 e. The molecular weight excluding hydrogens is 380 g/mol. The van der Waals surface area contributed by atoms with Crippen molar-refractivity contribution in [2.24, 2.45) is 0 Å². The third-order valence-corrected chi connectivity index (χ3v) is 5.59. The molecule has 1 aromatic heterocycles. The Bertz CT molecular complexity index is 1010. The first-order valence-electron chi connectivity index (χ1n) is 9.81. The maximum atomic E-state index is 12.4. The Morgan fingerprint density at radius 1 is 1.07 bits per heavy atom. The number of hydrogen-bond acceptors (Lipinski definition) is 4. The molecule has 1 N–H and O–H groups in total.